The van der Waals surface area contributed by atoms with Crippen LogP contribution in [0.15, 0.2) is 0 Å². The summed E-state index contributed by atoms with van der Waals surface area (Å²) in [6.45, 7) is 5.95. The number of carbonyl (C=O) groups excluding carboxylic acids is 1. The Kier molecular flexibility index (Phi) is 8.90. The van der Waals surface area contributed by atoms with Crippen LogP contribution in [-0.4, -0.2) is 25.5 Å². The van der Waals surface area contributed by atoms with Crippen LogP contribution in [0.25, 0.3) is 0 Å². The molecule has 0 fully saturated rings. The van der Waals surface area contributed by atoms with E-state index in [4.69, 9.17) is 6.42 Å². The van der Waals surface area contributed by atoms with Crippen LogP contribution in [-0.2, 0) is 4.79 Å². The summed E-state index contributed by atoms with van der Waals surface area (Å²) >= 11 is 0. The Morgan fingerprint density at radius 3 is 2.73 bits per heavy atom. The van der Waals surface area contributed by atoms with E-state index < -0.39 is 0 Å². The van der Waals surface area contributed by atoms with Gasteiger partial charge in [-0.3, -0.25) is 10.1 Å². The first-order valence-corrected chi connectivity index (χ1v) is 5.57. The van der Waals surface area contributed by atoms with Gasteiger partial charge in [-0.2, -0.15) is 0 Å². The number of unbranched alkanes of at least 4 members (excludes halogenated alkanes) is 1. The lowest BCUT2D eigenvalue weighted by Crippen LogP contribution is -2.34. The van der Waals surface area contributed by atoms with Crippen LogP contribution in [0, 0.1) is 18.3 Å². The van der Waals surface area contributed by atoms with E-state index in [1.807, 2.05) is 0 Å². The number of amides is 1. The number of rotatable bonds is 8. The first-order chi connectivity index (χ1) is 7.16. The van der Waals surface area contributed by atoms with Crippen molar-refractivity contribution >= 4 is 5.91 Å². The number of carbonyl (C=O) groups is 1. The first kappa shape index (κ1) is 14.0. The summed E-state index contributed by atoms with van der Waals surface area (Å²) in [5, 5.41) is 5.69. The molecule has 1 amide bonds. The van der Waals surface area contributed by atoms with Crippen molar-refractivity contribution in [3.63, 3.8) is 0 Å². The number of nitrogens with one attached hydrogen (secondary N) is 2. The summed E-state index contributed by atoms with van der Waals surface area (Å²) in [6.07, 6.45) is 8.50. The van der Waals surface area contributed by atoms with E-state index in [1.165, 1.54) is 12.8 Å². The van der Waals surface area contributed by atoms with Crippen LogP contribution < -0.4 is 10.6 Å². The highest BCUT2D eigenvalue weighted by Gasteiger charge is 1.99. The quantitative estimate of drug-likeness (QED) is 0.466. The van der Waals surface area contributed by atoms with Gasteiger partial charge in [-0.25, -0.2) is 0 Å². The fourth-order valence-electron chi connectivity index (χ4n) is 1.22. The average molecular weight is 210 g/mol. The van der Waals surface area contributed by atoms with Gasteiger partial charge >= 0.3 is 0 Å². The third-order valence-corrected chi connectivity index (χ3v) is 2.04. The van der Waals surface area contributed by atoms with Crippen LogP contribution in [0.1, 0.15) is 33.1 Å². The molecular formula is C12H22N2O. The van der Waals surface area contributed by atoms with Crippen LogP contribution in [0.2, 0.25) is 0 Å². The zero-order valence-electron chi connectivity index (χ0n) is 9.81. The molecule has 2 N–H and O–H groups in total. The lowest BCUT2D eigenvalue weighted by molar-refractivity contribution is -0.120. The summed E-state index contributed by atoms with van der Waals surface area (Å²) < 4.78 is 0. The van der Waals surface area contributed by atoms with Crippen molar-refractivity contribution in [3.8, 4) is 12.3 Å². The third-order valence-electron chi connectivity index (χ3n) is 2.04. The van der Waals surface area contributed by atoms with E-state index in [1.54, 1.807) is 0 Å². The second kappa shape index (κ2) is 9.54. The molecular weight excluding hydrogens is 188 g/mol. The maximum Gasteiger partial charge on any atom is 0.233 e. The normalized spacial score (nSPS) is 10.0. The van der Waals surface area contributed by atoms with Crippen LogP contribution in [0.5, 0.6) is 0 Å². The van der Waals surface area contributed by atoms with E-state index in [-0.39, 0.29) is 5.91 Å². The minimum atomic E-state index is 0.0230. The Hall–Kier alpha value is -1.01. The molecule has 0 atom stereocenters. The van der Waals surface area contributed by atoms with Crippen molar-refractivity contribution in [1.82, 2.24) is 10.6 Å². The standard InChI is InChI=1S/C12H22N2O/c1-4-8-13-10-12(15)14-9-6-5-7-11(2)3/h1,11,13H,5-10H2,2-3H3,(H,14,15). The van der Waals surface area contributed by atoms with Gasteiger partial charge < -0.3 is 5.32 Å². The van der Waals surface area contributed by atoms with E-state index in [0.717, 1.165) is 18.9 Å². The molecule has 86 valence electrons. The molecule has 0 saturated heterocycles. The SMILES string of the molecule is C#CCNCC(=O)NCCCCC(C)C. The minimum Gasteiger partial charge on any atom is -0.355 e. The third kappa shape index (κ3) is 10.9. The highest BCUT2D eigenvalue weighted by molar-refractivity contribution is 5.77. The molecule has 0 aromatic heterocycles. The van der Waals surface area contributed by atoms with Gasteiger partial charge in [-0.05, 0) is 12.3 Å². The Morgan fingerprint density at radius 2 is 2.13 bits per heavy atom. The molecule has 0 aromatic carbocycles. The highest BCUT2D eigenvalue weighted by atomic mass is 16.1. The summed E-state index contributed by atoms with van der Waals surface area (Å²) in [7, 11) is 0. The van der Waals surface area contributed by atoms with Gasteiger partial charge in [0.15, 0.2) is 0 Å². The van der Waals surface area contributed by atoms with Gasteiger partial charge in [-0.1, -0.05) is 32.6 Å². The monoisotopic (exact) mass is 210 g/mol. The number of hydrogen-bond donors (Lipinski definition) is 2. The fourth-order valence-corrected chi connectivity index (χ4v) is 1.22. The maximum absolute atomic E-state index is 11.2. The van der Waals surface area contributed by atoms with Crippen molar-refractivity contribution in [3.05, 3.63) is 0 Å². The second-order valence-corrected chi connectivity index (χ2v) is 4.05. The van der Waals surface area contributed by atoms with Gasteiger partial charge in [0.2, 0.25) is 5.91 Å². The van der Waals surface area contributed by atoms with Crippen molar-refractivity contribution in [1.29, 1.82) is 0 Å². The predicted octanol–water partition coefficient (Wildman–Crippen LogP) is 1.15. The average Bonchev–Trinajstić information content (AvgIpc) is 2.17. The van der Waals surface area contributed by atoms with Gasteiger partial charge in [0.1, 0.15) is 0 Å². The molecule has 0 aromatic rings. The Labute approximate surface area is 93.0 Å². The van der Waals surface area contributed by atoms with Crippen LogP contribution >= 0.6 is 0 Å². The molecule has 0 aliphatic rings. The molecule has 0 spiro atoms. The van der Waals surface area contributed by atoms with E-state index in [0.29, 0.717) is 13.1 Å². The Morgan fingerprint density at radius 1 is 1.40 bits per heavy atom. The topological polar surface area (TPSA) is 41.1 Å². The number of terminal acetylenes is 1. The van der Waals surface area contributed by atoms with Crippen LogP contribution in [0.4, 0.5) is 0 Å². The van der Waals surface area contributed by atoms with Gasteiger partial charge in [0.05, 0.1) is 13.1 Å². The molecule has 0 saturated carbocycles. The van der Waals surface area contributed by atoms with Crippen LogP contribution in [0.3, 0.4) is 0 Å². The van der Waals surface area contributed by atoms with Crippen molar-refractivity contribution in [2.75, 3.05) is 19.6 Å². The van der Waals surface area contributed by atoms with Gasteiger partial charge in [0, 0.05) is 6.54 Å². The molecule has 0 unspecified atom stereocenters. The molecule has 0 rings (SSSR count). The largest absolute Gasteiger partial charge is 0.355 e. The van der Waals surface area contributed by atoms with Crippen molar-refractivity contribution in [2.45, 2.75) is 33.1 Å². The van der Waals surface area contributed by atoms with E-state index in [9.17, 15) is 4.79 Å². The predicted molar refractivity (Wildman–Crippen MR) is 63.4 cm³/mol. The molecule has 3 nitrogen and oxygen atoms in total. The molecule has 0 heterocycles. The number of hydrogen-bond acceptors (Lipinski definition) is 2. The van der Waals surface area contributed by atoms with E-state index in [2.05, 4.69) is 30.4 Å². The van der Waals surface area contributed by atoms with Gasteiger partial charge in [-0.15, -0.1) is 6.42 Å². The fraction of sp³-hybridized carbons (Fsp3) is 0.750. The summed E-state index contributed by atoms with van der Waals surface area (Å²) in [5.74, 6) is 3.19. The molecule has 0 aliphatic carbocycles. The zero-order valence-corrected chi connectivity index (χ0v) is 9.81. The highest BCUT2D eigenvalue weighted by Crippen LogP contribution is 2.04. The maximum atomic E-state index is 11.2. The second-order valence-electron chi connectivity index (χ2n) is 4.05. The first-order valence-electron chi connectivity index (χ1n) is 5.57. The molecule has 15 heavy (non-hydrogen) atoms. The smallest absolute Gasteiger partial charge is 0.233 e. The summed E-state index contributed by atoms with van der Waals surface area (Å²) in [5.41, 5.74) is 0. The zero-order chi connectivity index (χ0) is 11.5. The Bertz CT molecular complexity index is 206. The molecule has 3 heteroatoms. The van der Waals surface area contributed by atoms with E-state index >= 15 is 0 Å². The minimum absolute atomic E-state index is 0.0230. The summed E-state index contributed by atoms with van der Waals surface area (Å²) in [4.78, 5) is 11.2. The molecule has 0 bridgehead atoms. The van der Waals surface area contributed by atoms with Crippen molar-refractivity contribution in [2.24, 2.45) is 5.92 Å². The molecule has 0 aliphatic heterocycles. The lowest BCUT2D eigenvalue weighted by atomic mass is 10.1. The van der Waals surface area contributed by atoms with Crippen molar-refractivity contribution < 1.29 is 4.79 Å². The van der Waals surface area contributed by atoms with Gasteiger partial charge in [0.25, 0.3) is 0 Å². The molecule has 0 radical (unpaired) electrons. The Balaban J connectivity index is 3.21. The summed E-state index contributed by atoms with van der Waals surface area (Å²) in [6, 6.07) is 0. The lowest BCUT2D eigenvalue weighted by Gasteiger charge is -2.06.